The molecule has 0 bridgehead atoms. The van der Waals surface area contributed by atoms with E-state index >= 15 is 0 Å². The summed E-state index contributed by atoms with van der Waals surface area (Å²) in [5, 5.41) is 3.30. The lowest BCUT2D eigenvalue weighted by molar-refractivity contribution is -0.134. The van der Waals surface area contributed by atoms with Crippen LogP contribution in [-0.2, 0) is 17.9 Å². The van der Waals surface area contributed by atoms with E-state index in [0.717, 1.165) is 36.8 Å². The van der Waals surface area contributed by atoms with Crippen molar-refractivity contribution in [2.75, 3.05) is 14.2 Å². The highest BCUT2D eigenvalue weighted by Gasteiger charge is 2.48. The van der Waals surface area contributed by atoms with Gasteiger partial charge in [-0.05, 0) is 25.8 Å². The van der Waals surface area contributed by atoms with Crippen LogP contribution in [0.5, 0.6) is 11.5 Å². The molecule has 1 aromatic carbocycles. The van der Waals surface area contributed by atoms with Crippen LogP contribution in [-0.4, -0.2) is 47.1 Å². The SMILES string of the molecule is COc1cccc(CN2C(=O)c3cc4occc4n3C[C@]2(C)C(=O)NC2CCCCCC2)c1OC. The number of furan rings is 1. The molecule has 3 heterocycles. The zero-order chi connectivity index (χ0) is 24.6. The van der Waals surface area contributed by atoms with Crippen LogP contribution < -0.4 is 14.8 Å². The molecule has 1 atom stereocenters. The number of nitrogens with one attached hydrogen (secondary N) is 1. The highest BCUT2D eigenvalue weighted by molar-refractivity contribution is 6.03. The Morgan fingerprint density at radius 2 is 1.91 bits per heavy atom. The summed E-state index contributed by atoms with van der Waals surface area (Å²) in [4.78, 5) is 29.5. The molecule has 1 N–H and O–H groups in total. The van der Waals surface area contributed by atoms with E-state index in [1.54, 1.807) is 31.4 Å². The Hall–Kier alpha value is -3.42. The Morgan fingerprint density at radius 1 is 1.14 bits per heavy atom. The van der Waals surface area contributed by atoms with Gasteiger partial charge < -0.3 is 28.7 Å². The first-order chi connectivity index (χ1) is 17.0. The summed E-state index contributed by atoms with van der Waals surface area (Å²) in [5.41, 5.74) is 1.65. The standard InChI is InChI=1S/C27H33N3O5/c1-27(26(32)28-19-10-6-4-5-7-11-19)17-29-20-13-14-35-23(20)15-21(29)25(31)30(27)16-18-9-8-12-22(33-2)24(18)34-3/h8-9,12-15,19H,4-7,10-11,16-17H2,1-3H3,(H,28,32)/t27-/m1/s1. The summed E-state index contributed by atoms with van der Waals surface area (Å²) in [5.74, 6) is 0.797. The van der Waals surface area contributed by atoms with Crippen molar-refractivity contribution in [2.24, 2.45) is 0 Å². The van der Waals surface area contributed by atoms with Crippen LogP contribution in [0.3, 0.4) is 0 Å². The number of rotatable bonds is 6. The molecule has 0 radical (unpaired) electrons. The van der Waals surface area contributed by atoms with Crippen LogP contribution in [0, 0.1) is 0 Å². The second-order valence-electron chi connectivity index (χ2n) is 9.77. The van der Waals surface area contributed by atoms with E-state index in [9.17, 15) is 9.59 Å². The van der Waals surface area contributed by atoms with E-state index in [0.29, 0.717) is 29.3 Å². The molecular weight excluding hydrogens is 446 g/mol. The minimum Gasteiger partial charge on any atom is -0.493 e. The predicted octanol–water partition coefficient (Wildman–Crippen LogP) is 4.51. The minimum atomic E-state index is -1.10. The summed E-state index contributed by atoms with van der Waals surface area (Å²) in [6, 6.07) is 9.32. The van der Waals surface area contributed by atoms with Crippen LogP contribution in [0.25, 0.3) is 11.1 Å². The number of fused-ring (bicyclic) bond motifs is 3. The first-order valence-electron chi connectivity index (χ1n) is 12.4. The van der Waals surface area contributed by atoms with Gasteiger partial charge in [0.2, 0.25) is 5.91 Å². The number of methoxy groups -OCH3 is 2. The molecule has 0 spiro atoms. The molecule has 1 fully saturated rings. The molecule has 1 aliphatic carbocycles. The van der Waals surface area contributed by atoms with Gasteiger partial charge in [-0.25, -0.2) is 0 Å². The number of hydrogen-bond donors (Lipinski definition) is 1. The van der Waals surface area contributed by atoms with E-state index < -0.39 is 5.54 Å². The number of hydrogen-bond acceptors (Lipinski definition) is 5. The molecule has 2 aliphatic rings. The van der Waals surface area contributed by atoms with Crippen LogP contribution >= 0.6 is 0 Å². The molecule has 0 unspecified atom stereocenters. The zero-order valence-corrected chi connectivity index (χ0v) is 20.6. The Morgan fingerprint density at radius 3 is 2.63 bits per heavy atom. The average Bonchev–Trinajstić information content (AvgIpc) is 3.35. The lowest BCUT2D eigenvalue weighted by Gasteiger charge is -2.44. The van der Waals surface area contributed by atoms with E-state index in [1.807, 2.05) is 35.8 Å². The number of para-hydroxylation sites is 1. The van der Waals surface area contributed by atoms with E-state index in [2.05, 4.69) is 5.32 Å². The van der Waals surface area contributed by atoms with Crippen molar-refractivity contribution in [3.05, 3.63) is 47.9 Å². The van der Waals surface area contributed by atoms with Gasteiger partial charge in [-0.1, -0.05) is 37.8 Å². The number of carbonyl (C=O) groups is 2. The fourth-order valence-electron chi connectivity index (χ4n) is 5.53. The van der Waals surface area contributed by atoms with Crippen LogP contribution in [0.15, 0.2) is 41.0 Å². The topological polar surface area (TPSA) is 85.9 Å². The molecule has 8 heteroatoms. The average molecular weight is 480 g/mol. The van der Waals surface area contributed by atoms with E-state index in [4.69, 9.17) is 13.9 Å². The molecule has 186 valence electrons. The number of amides is 2. The fraction of sp³-hybridized carbons (Fsp3) is 0.481. The molecular formula is C27H33N3O5. The molecule has 8 nitrogen and oxygen atoms in total. The number of aromatic nitrogens is 1. The van der Waals surface area contributed by atoms with Crippen LogP contribution in [0.1, 0.15) is 61.5 Å². The van der Waals surface area contributed by atoms with Crippen molar-refractivity contribution >= 4 is 22.9 Å². The van der Waals surface area contributed by atoms with Crippen molar-refractivity contribution in [1.82, 2.24) is 14.8 Å². The van der Waals surface area contributed by atoms with Crippen molar-refractivity contribution in [2.45, 2.75) is 70.1 Å². The Balaban J connectivity index is 1.55. The van der Waals surface area contributed by atoms with Crippen molar-refractivity contribution in [3.63, 3.8) is 0 Å². The van der Waals surface area contributed by atoms with E-state index in [-0.39, 0.29) is 24.4 Å². The quantitative estimate of drug-likeness (QED) is 0.526. The number of benzene rings is 1. The molecule has 35 heavy (non-hydrogen) atoms. The van der Waals surface area contributed by atoms with Gasteiger partial charge >= 0.3 is 0 Å². The maximum absolute atomic E-state index is 13.9. The van der Waals surface area contributed by atoms with Crippen LogP contribution in [0.4, 0.5) is 0 Å². The third kappa shape index (κ3) is 4.05. The maximum Gasteiger partial charge on any atom is 0.271 e. The Labute approximate surface area is 205 Å². The molecule has 1 aliphatic heterocycles. The summed E-state index contributed by atoms with van der Waals surface area (Å²) in [6.45, 7) is 2.40. The third-order valence-corrected chi connectivity index (χ3v) is 7.54. The highest BCUT2D eigenvalue weighted by atomic mass is 16.5. The smallest absolute Gasteiger partial charge is 0.271 e. The molecule has 2 amide bonds. The van der Waals surface area contributed by atoms with Crippen molar-refractivity contribution in [3.8, 4) is 11.5 Å². The lowest BCUT2D eigenvalue weighted by atomic mass is 9.92. The third-order valence-electron chi connectivity index (χ3n) is 7.54. The fourth-order valence-corrected chi connectivity index (χ4v) is 5.53. The van der Waals surface area contributed by atoms with Crippen molar-refractivity contribution < 1.29 is 23.5 Å². The van der Waals surface area contributed by atoms with Gasteiger partial charge in [0.1, 0.15) is 11.2 Å². The second-order valence-corrected chi connectivity index (χ2v) is 9.77. The monoisotopic (exact) mass is 479 g/mol. The Kier molecular flexibility index (Phi) is 6.21. The number of nitrogens with zero attached hydrogens (tertiary/aromatic N) is 2. The Bertz CT molecular complexity index is 1240. The van der Waals surface area contributed by atoms with Gasteiger partial charge in [-0.3, -0.25) is 9.59 Å². The molecule has 3 aromatic rings. The summed E-state index contributed by atoms with van der Waals surface area (Å²) in [6.07, 6.45) is 8.19. The van der Waals surface area contributed by atoms with Gasteiger partial charge in [0.25, 0.3) is 5.91 Å². The van der Waals surface area contributed by atoms with E-state index in [1.165, 1.54) is 12.8 Å². The molecule has 1 saturated carbocycles. The maximum atomic E-state index is 13.9. The van der Waals surface area contributed by atoms with Crippen LogP contribution in [0.2, 0.25) is 0 Å². The predicted molar refractivity (Wildman–Crippen MR) is 132 cm³/mol. The highest BCUT2D eigenvalue weighted by Crippen LogP contribution is 2.37. The van der Waals surface area contributed by atoms with Gasteiger partial charge in [0, 0.05) is 23.7 Å². The van der Waals surface area contributed by atoms with Gasteiger partial charge in [-0.2, -0.15) is 0 Å². The zero-order valence-electron chi connectivity index (χ0n) is 20.6. The number of carbonyl (C=O) groups excluding carboxylic acids is 2. The first kappa shape index (κ1) is 23.3. The lowest BCUT2D eigenvalue weighted by Crippen LogP contribution is -2.64. The molecule has 0 saturated heterocycles. The first-order valence-corrected chi connectivity index (χ1v) is 12.4. The number of ether oxygens (including phenoxy) is 2. The van der Waals surface area contributed by atoms with Gasteiger partial charge in [-0.15, -0.1) is 0 Å². The minimum absolute atomic E-state index is 0.129. The summed E-state index contributed by atoms with van der Waals surface area (Å²) < 4.78 is 18.6. The second kappa shape index (κ2) is 9.32. The molecule has 5 rings (SSSR count). The molecule has 2 aromatic heterocycles. The van der Waals surface area contributed by atoms with Crippen molar-refractivity contribution in [1.29, 1.82) is 0 Å². The normalized spacial score (nSPS) is 21.0. The summed E-state index contributed by atoms with van der Waals surface area (Å²) >= 11 is 0. The largest absolute Gasteiger partial charge is 0.493 e. The summed E-state index contributed by atoms with van der Waals surface area (Å²) in [7, 11) is 3.16. The van der Waals surface area contributed by atoms with Gasteiger partial charge in [0.15, 0.2) is 17.1 Å². The van der Waals surface area contributed by atoms with Gasteiger partial charge in [0.05, 0.1) is 39.1 Å².